The summed E-state index contributed by atoms with van der Waals surface area (Å²) in [6.45, 7) is 0. The van der Waals surface area contributed by atoms with Crippen molar-refractivity contribution < 1.29 is 19.5 Å². The molecule has 0 unspecified atom stereocenters. The number of aliphatic carboxylic acids is 1. The van der Waals surface area contributed by atoms with Crippen LogP contribution in [0.15, 0.2) is 66.2 Å². The van der Waals surface area contributed by atoms with Crippen LogP contribution < -0.4 is 0 Å². The van der Waals surface area contributed by atoms with Gasteiger partial charge in [0.25, 0.3) is 0 Å². The average Bonchev–Trinajstić information content (AvgIpc) is 2.58. The third-order valence-corrected chi connectivity index (χ3v) is 3.11. The number of aldehydes is 1. The minimum atomic E-state index is -1.30. The number of benzene rings is 2. The highest BCUT2D eigenvalue weighted by atomic mass is 16.4. The van der Waals surface area contributed by atoms with Crippen LogP contribution in [0, 0.1) is 0 Å². The SMILES string of the molecule is O=Cc1ccc(C=C(C(=O)O)C(=O)C=Cc2ccccc2)cc1. The van der Waals surface area contributed by atoms with Crippen molar-refractivity contribution in [2.24, 2.45) is 0 Å². The minimum Gasteiger partial charge on any atom is -0.478 e. The molecule has 0 atom stereocenters. The van der Waals surface area contributed by atoms with Gasteiger partial charge in [0.05, 0.1) is 0 Å². The summed E-state index contributed by atoms with van der Waals surface area (Å²) in [4.78, 5) is 34.0. The molecule has 1 N–H and O–H groups in total. The summed E-state index contributed by atoms with van der Waals surface area (Å²) in [7, 11) is 0. The maximum atomic E-state index is 12.1. The third-order valence-electron chi connectivity index (χ3n) is 3.11. The number of carboxylic acid groups (broad SMARTS) is 1. The highest BCUT2D eigenvalue weighted by Gasteiger charge is 2.14. The number of ketones is 1. The lowest BCUT2D eigenvalue weighted by Crippen LogP contribution is -2.09. The van der Waals surface area contributed by atoms with Gasteiger partial charge in [-0.15, -0.1) is 0 Å². The number of carbonyl (C=O) groups is 3. The van der Waals surface area contributed by atoms with E-state index in [4.69, 9.17) is 0 Å². The Morgan fingerprint density at radius 2 is 1.43 bits per heavy atom. The lowest BCUT2D eigenvalue weighted by atomic mass is 10.0. The molecule has 0 aliphatic rings. The fraction of sp³-hybridized carbons (Fsp3) is 0. The zero-order valence-electron chi connectivity index (χ0n) is 12.2. The second-order valence-corrected chi connectivity index (χ2v) is 4.76. The molecule has 4 nitrogen and oxygen atoms in total. The van der Waals surface area contributed by atoms with E-state index >= 15 is 0 Å². The monoisotopic (exact) mass is 306 g/mol. The number of hydrogen-bond acceptors (Lipinski definition) is 3. The number of hydrogen-bond donors (Lipinski definition) is 1. The first-order valence-corrected chi connectivity index (χ1v) is 6.88. The smallest absolute Gasteiger partial charge is 0.339 e. The number of allylic oxidation sites excluding steroid dienone is 1. The van der Waals surface area contributed by atoms with E-state index in [0.29, 0.717) is 17.4 Å². The van der Waals surface area contributed by atoms with Gasteiger partial charge in [0.1, 0.15) is 11.9 Å². The number of carbonyl (C=O) groups excluding carboxylic acids is 2. The van der Waals surface area contributed by atoms with Gasteiger partial charge in [-0.2, -0.15) is 0 Å². The van der Waals surface area contributed by atoms with Crippen LogP contribution in [-0.2, 0) is 9.59 Å². The maximum Gasteiger partial charge on any atom is 0.339 e. The van der Waals surface area contributed by atoms with E-state index in [0.717, 1.165) is 5.56 Å². The zero-order chi connectivity index (χ0) is 16.7. The maximum absolute atomic E-state index is 12.1. The molecule has 0 saturated carbocycles. The molecule has 0 aromatic heterocycles. The zero-order valence-corrected chi connectivity index (χ0v) is 12.2. The van der Waals surface area contributed by atoms with Crippen LogP contribution in [0.4, 0.5) is 0 Å². The number of rotatable bonds is 6. The fourth-order valence-corrected chi connectivity index (χ4v) is 1.90. The Hall–Kier alpha value is -3.27. The Balaban J connectivity index is 2.24. The summed E-state index contributed by atoms with van der Waals surface area (Å²) in [6.07, 6.45) is 4.78. The van der Waals surface area contributed by atoms with E-state index in [1.165, 1.54) is 12.2 Å². The van der Waals surface area contributed by atoms with E-state index in [9.17, 15) is 19.5 Å². The van der Waals surface area contributed by atoms with E-state index in [-0.39, 0.29) is 5.57 Å². The third kappa shape index (κ3) is 4.61. The van der Waals surface area contributed by atoms with Gasteiger partial charge in [-0.05, 0) is 23.3 Å². The molecule has 0 saturated heterocycles. The lowest BCUT2D eigenvalue weighted by Gasteiger charge is -1.99. The summed E-state index contributed by atoms with van der Waals surface area (Å²) in [5.74, 6) is -1.90. The second-order valence-electron chi connectivity index (χ2n) is 4.76. The van der Waals surface area contributed by atoms with Gasteiger partial charge in [0.2, 0.25) is 0 Å². The number of carboxylic acids is 1. The summed E-state index contributed by atoms with van der Waals surface area (Å²) in [5, 5.41) is 9.22. The van der Waals surface area contributed by atoms with Crippen molar-refractivity contribution in [3.8, 4) is 0 Å². The standard InChI is InChI=1S/C19H14O4/c20-13-16-8-6-15(7-9-16)12-17(19(22)23)18(21)11-10-14-4-2-1-3-5-14/h1-13H,(H,22,23). The first kappa shape index (κ1) is 16.1. The van der Waals surface area contributed by atoms with Crippen LogP contribution in [0.25, 0.3) is 12.2 Å². The van der Waals surface area contributed by atoms with Crippen LogP contribution in [-0.4, -0.2) is 23.1 Å². The molecular weight excluding hydrogens is 292 g/mol. The van der Waals surface area contributed by atoms with Crippen LogP contribution in [0.1, 0.15) is 21.5 Å². The molecule has 0 fully saturated rings. The average molecular weight is 306 g/mol. The van der Waals surface area contributed by atoms with Gasteiger partial charge < -0.3 is 5.11 Å². The molecule has 2 rings (SSSR count). The quantitative estimate of drug-likeness (QED) is 0.385. The second kappa shape index (κ2) is 7.66. The largest absolute Gasteiger partial charge is 0.478 e. The summed E-state index contributed by atoms with van der Waals surface area (Å²) in [6, 6.07) is 15.4. The molecule has 2 aromatic rings. The van der Waals surface area contributed by atoms with Crippen LogP contribution >= 0.6 is 0 Å². The molecule has 0 aliphatic carbocycles. The molecule has 0 bridgehead atoms. The van der Waals surface area contributed by atoms with E-state index in [1.807, 2.05) is 30.3 Å². The molecule has 23 heavy (non-hydrogen) atoms. The first-order valence-electron chi connectivity index (χ1n) is 6.88. The first-order chi connectivity index (χ1) is 11.1. The molecule has 0 aliphatic heterocycles. The Labute approximate surface area is 133 Å². The molecule has 0 spiro atoms. The summed E-state index contributed by atoms with van der Waals surface area (Å²) >= 11 is 0. The molecule has 0 heterocycles. The molecule has 114 valence electrons. The van der Waals surface area contributed by atoms with Crippen molar-refractivity contribution in [2.45, 2.75) is 0 Å². The van der Waals surface area contributed by atoms with E-state index in [1.54, 1.807) is 30.3 Å². The molecular formula is C19H14O4. The van der Waals surface area contributed by atoms with Crippen molar-refractivity contribution >= 4 is 30.2 Å². The molecule has 4 heteroatoms. The lowest BCUT2D eigenvalue weighted by molar-refractivity contribution is -0.133. The van der Waals surface area contributed by atoms with E-state index in [2.05, 4.69) is 0 Å². The van der Waals surface area contributed by atoms with Crippen molar-refractivity contribution in [3.05, 3.63) is 82.9 Å². The predicted octanol–water partition coefficient (Wildman–Crippen LogP) is 3.25. The minimum absolute atomic E-state index is 0.337. The highest BCUT2D eigenvalue weighted by Crippen LogP contribution is 2.11. The van der Waals surface area contributed by atoms with Gasteiger partial charge in [0, 0.05) is 5.56 Å². The Kier molecular flexibility index (Phi) is 5.36. The van der Waals surface area contributed by atoms with Crippen LogP contribution in [0.5, 0.6) is 0 Å². The Bertz CT molecular complexity index is 769. The van der Waals surface area contributed by atoms with Crippen molar-refractivity contribution in [3.63, 3.8) is 0 Å². The van der Waals surface area contributed by atoms with Gasteiger partial charge in [-0.3, -0.25) is 9.59 Å². The van der Waals surface area contributed by atoms with Gasteiger partial charge in [-0.25, -0.2) is 4.79 Å². The van der Waals surface area contributed by atoms with Gasteiger partial charge in [0.15, 0.2) is 5.78 Å². The predicted molar refractivity (Wildman–Crippen MR) is 87.9 cm³/mol. The summed E-state index contributed by atoms with van der Waals surface area (Å²) < 4.78 is 0. The van der Waals surface area contributed by atoms with Crippen LogP contribution in [0.2, 0.25) is 0 Å². The fourth-order valence-electron chi connectivity index (χ4n) is 1.90. The molecule has 0 amide bonds. The van der Waals surface area contributed by atoms with Gasteiger partial charge >= 0.3 is 5.97 Å². The normalized spacial score (nSPS) is 11.4. The molecule has 2 aromatic carbocycles. The Morgan fingerprint density at radius 1 is 0.826 bits per heavy atom. The van der Waals surface area contributed by atoms with Crippen molar-refractivity contribution in [1.29, 1.82) is 0 Å². The van der Waals surface area contributed by atoms with Gasteiger partial charge in [-0.1, -0.05) is 60.7 Å². The Morgan fingerprint density at radius 3 is 2.00 bits per heavy atom. The summed E-state index contributed by atoms with van der Waals surface area (Å²) in [5.41, 5.74) is 1.49. The molecule has 0 radical (unpaired) electrons. The van der Waals surface area contributed by atoms with Crippen molar-refractivity contribution in [1.82, 2.24) is 0 Å². The topological polar surface area (TPSA) is 71.4 Å². The van der Waals surface area contributed by atoms with E-state index < -0.39 is 11.8 Å². The van der Waals surface area contributed by atoms with Crippen molar-refractivity contribution in [2.75, 3.05) is 0 Å². The van der Waals surface area contributed by atoms with Crippen LogP contribution in [0.3, 0.4) is 0 Å². The highest BCUT2D eigenvalue weighted by molar-refractivity contribution is 6.25.